The lowest BCUT2D eigenvalue weighted by Crippen LogP contribution is -2.57. The molecule has 1 aromatic carbocycles. The molecule has 2 saturated carbocycles. The van der Waals surface area contributed by atoms with Crippen LogP contribution in [-0.4, -0.2) is 88.1 Å². The number of aryl methyl sites for hydroxylation is 1. The summed E-state index contributed by atoms with van der Waals surface area (Å²) < 4.78 is 0. The van der Waals surface area contributed by atoms with Crippen molar-refractivity contribution in [1.29, 1.82) is 0 Å². The molecule has 1 aromatic rings. The third-order valence-corrected chi connectivity index (χ3v) is 10.8. The maximum absolute atomic E-state index is 14.3. The van der Waals surface area contributed by atoms with Gasteiger partial charge in [-0.1, -0.05) is 42.7 Å². The lowest BCUT2D eigenvalue weighted by Gasteiger charge is -2.38. The summed E-state index contributed by atoms with van der Waals surface area (Å²) in [7, 11) is 0. The van der Waals surface area contributed by atoms with Crippen LogP contribution in [0.15, 0.2) is 29.3 Å². The number of hydrogen-bond donors (Lipinski definition) is 5. The summed E-state index contributed by atoms with van der Waals surface area (Å²) in [5, 5.41) is 5.43. The van der Waals surface area contributed by atoms with E-state index in [0.717, 1.165) is 49.7 Å². The molecule has 13 nitrogen and oxygen atoms in total. The molecular formula is C35H52N8O5. The van der Waals surface area contributed by atoms with Gasteiger partial charge in [-0.2, -0.15) is 0 Å². The lowest BCUT2D eigenvalue weighted by atomic mass is 9.83. The standard InChI is InChI=1S/C35H52N8O5/c1-20-9-11-22(12-10-20)18-26(30(36)44)41-31(45)21(2)39-32(46)28-8-5-17-42(28)34(48)29-19-24-6-3-4-7-27(24)43(29)33(47)23-13-15-25(16-14-23)40-35(37)38/h9-12,21,23-29H,3-8,13-19H2,1-2H3,(H2,36,44)(H,39,46)(H,41,45)(H4,37,38,40)/t21-,23?,24+,25?,26+,27+,28+,29+/m1/s1. The number of hydrogen-bond acceptors (Lipinski definition) is 6. The average molecular weight is 665 g/mol. The normalized spacial score (nSPS) is 28.1. The van der Waals surface area contributed by atoms with Crippen molar-refractivity contribution in [3.63, 3.8) is 0 Å². The number of fused-ring (bicyclic) bond motifs is 1. The van der Waals surface area contributed by atoms with E-state index in [1.807, 2.05) is 36.1 Å². The summed E-state index contributed by atoms with van der Waals surface area (Å²) in [5.74, 6) is -1.64. The average Bonchev–Trinajstić information content (AvgIpc) is 3.70. The van der Waals surface area contributed by atoms with Gasteiger partial charge in [-0.05, 0) is 83.1 Å². The number of carbonyl (C=O) groups is 5. The van der Waals surface area contributed by atoms with Crippen molar-refractivity contribution in [3.8, 4) is 0 Å². The molecule has 2 saturated heterocycles. The van der Waals surface area contributed by atoms with Crippen LogP contribution in [0.4, 0.5) is 0 Å². The van der Waals surface area contributed by atoms with Gasteiger partial charge in [-0.25, -0.2) is 0 Å². The summed E-state index contributed by atoms with van der Waals surface area (Å²) in [6, 6.07) is 4.38. The van der Waals surface area contributed by atoms with Crippen LogP contribution < -0.4 is 27.8 Å². The molecule has 262 valence electrons. The zero-order valence-electron chi connectivity index (χ0n) is 28.2. The topological polar surface area (TPSA) is 206 Å². The molecule has 48 heavy (non-hydrogen) atoms. The Hall–Kier alpha value is -4.16. The summed E-state index contributed by atoms with van der Waals surface area (Å²) >= 11 is 0. The summed E-state index contributed by atoms with van der Waals surface area (Å²) in [6.07, 6.45) is 8.72. The number of nitrogens with zero attached hydrogens (tertiary/aromatic N) is 3. The van der Waals surface area contributed by atoms with E-state index in [2.05, 4.69) is 15.6 Å². The van der Waals surface area contributed by atoms with E-state index in [4.69, 9.17) is 17.2 Å². The van der Waals surface area contributed by atoms with Gasteiger partial charge in [0.1, 0.15) is 24.2 Å². The number of primary amides is 1. The van der Waals surface area contributed by atoms with Crippen molar-refractivity contribution in [1.82, 2.24) is 20.4 Å². The number of aliphatic imine (C=N–C) groups is 1. The van der Waals surface area contributed by atoms with Crippen LogP contribution in [0.1, 0.15) is 88.7 Å². The first kappa shape index (κ1) is 35.2. The molecule has 5 rings (SSSR count). The maximum atomic E-state index is 14.3. The number of benzene rings is 1. The molecule has 5 amide bonds. The molecule has 0 unspecified atom stereocenters. The molecule has 4 fully saturated rings. The Morgan fingerprint density at radius 3 is 2.21 bits per heavy atom. The highest BCUT2D eigenvalue weighted by Crippen LogP contribution is 2.43. The van der Waals surface area contributed by atoms with E-state index < -0.39 is 41.9 Å². The number of nitrogens with one attached hydrogen (secondary N) is 2. The van der Waals surface area contributed by atoms with Crippen molar-refractivity contribution in [3.05, 3.63) is 35.4 Å². The van der Waals surface area contributed by atoms with Gasteiger partial charge in [0.15, 0.2) is 5.96 Å². The van der Waals surface area contributed by atoms with Crippen LogP contribution >= 0.6 is 0 Å². The van der Waals surface area contributed by atoms with E-state index in [9.17, 15) is 24.0 Å². The van der Waals surface area contributed by atoms with Crippen LogP contribution in [0.2, 0.25) is 0 Å². The van der Waals surface area contributed by atoms with Crippen molar-refractivity contribution in [2.24, 2.45) is 34.0 Å². The zero-order chi connectivity index (χ0) is 34.5. The molecule has 0 bridgehead atoms. The van der Waals surface area contributed by atoms with Crippen LogP contribution in [0, 0.1) is 18.8 Å². The van der Waals surface area contributed by atoms with E-state index in [1.165, 1.54) is 0 Å². The number of carbonyl (C=O) groups excluding carboxylic acids is 5. The van der Waals surface area contributed by atoms with Crippen LogP contribution in [0.3, 0.4) is 0 Å². The highest BCUT2D eigenvalue weighted by molar-refractivity contribution is 5.96. The first-order chi connectivity index (χ1) is 22.9. The second-order valence-corrected chi connectivity index (χ2v) is 14.2. The fourth-order valence-electron chi connectivity index (χ4n) is 8.22. The van der Waals surface area contributed by atoms with Gasteiger partial charge in [-0.15, -0.1) is 0 Å². The Balaban J connectivity index is 1.22. The molecule has 0 radical (unpaired) electrons. The van der Waals surface area contributed by atoms with Crippen molar-refractivity contribution in [2.75, 3.05) is 6.54 Å². The second kappa shape index (κ2) is 15.4. The minimum atomic E-state index is -0.962. The first-order valence-corrected chi connectivity index (χ1v) is 17.6. The molecule has 0 spiro atoms. The predicted molar refractivity (Wildman–Crippen MR) is 181 cm³/mol. The van der Waals surface area contributed by atoms with E-state index >= 15 is 0 Å². The smallest absolute Gasteiger partial charge is 0.246 e. The molecule has 2 heterocycles. The van der Waals surface area contributed by atoms with Crippen molar-refractivity contribution >= 4 is 35.5 Å². The molecule has 2 aliphatic heterocycles. The zero-order valence-corrected chi connectivity index (χ0v) is 28.2. The quantitative estimate of drug-likeness (QED) is 0.181. The molecular weight excluding hydrogens is 612 g/mol. The summed E-state index contributed by atoms with van der Waals surface area (Å²) in [6.45, 7) is 3.91. The monoisotopic (exact) mass is 664 g/mol. The highest BCUT2D eigenvalue weighted by atomic mass is 16.2. The van der Waals surface area contributed by atoms with Gasteiger partial charge in [0, 0.05) is 24.9 Å². The number of amides is 5. The largest absolute Gasteiger partial charge is 0.370 e. The van der Waals surface area contributed by atoms with E-state index in [0.29, 0.717) is 38.6 Å². The molecule has 8 N–H and O–H groups in total. The number of rotatable bonds is 10. The molecule has 13 heteroatoms. The van der Waals surface area contributed by atoms with Gasteiger partial charge in [-0.3, -0.25) is 29.0 Å². The third kappa shape index (κ3) is 8.10. The van der Waals surface area contributed by atoms with Gasteiger partial charge < -0.3 is 37.6 Å². The number of guanidine groups is 1. The summed E-state index contributed by atoms with van der Waals surface area (Å²) in [4.78, 5) is 75.0. The molecule has 4 aliphatic rings. The molecule has 2 aliphatic carbocycles. The number of likely N-dealkylation sites (tertiary alicyclic amines) is 2. The van der Waals surface area contributed by atoms with Crippen molar-refractivity contribution in [2.45, 2.75) is 127 Å². The Morgan fingerprint density at radius 2 is 1.54 bits per heavy atom. The Morgan fingerprint density at radius 1 is 0.854 bits per heavy atom. The fourth-order valence-corrected chi connectivity index (χ4v) is 8.22. The van der Waals surface area contributed by atoms with Gasteiger partial charge in [0.05, 0.1) is 6.04 Å². The van der Waals surface area contributed by atoms with E-state index in [1.54, 1.807) is 11.8 Å². The second-order valence-electron chi connectivity index (χ2n) is 14.2. The first-order valence-electron chi connectivity index (χ1n) is 17.6. The minimum absolute atomic E-state index is 0.0145. The maximum Gasteiger partial charge on any atom is 0.246 e. The van der Waals surface area contributed by atoms with Crippen LogP contribution in [-0.2, 0) is 30.4 Å². The Kier molecular flexibility index (Phi) is 11.3. The van der Waals surface area contributed by atoms with E-state index in [-0.39, 0.29) is 48.1 Å². The Labute approximate surface area is 282 Å². The predicted octanol–water partition coefficient (Wildman–Crippen LogP) is 0.995. The number of nitrogens with two attached hydrogens (primary N) is 3. The van der Waals surface area contributed by atoms with Crippen LogP contribution in [0.5, 0.6) is 0 Å². The minimum Gasteiger partial charge on any atom is -0.370 e. The summed E-state index contributed by atoms with van der Waals surface area (Å²) in [5.41, 5.74) is 18.7. The highest BCUT2D eigenvalue weighted by Gasteiger charge is 2.51. The van der Waals surface area contributed by atoms with Gasteiger partial charge in [0.2, 0.25) is 29.5 Å². The lowest BCUT2D eigenvalue weighted by molar-refractivity contribution is -0.150. The molecule has 0 aromatic heterocycles. The van der Waals surface area contributed by atoms with Crippen LogP contribution in [0.25, 0.3) is 0 Å². The SMILES string of the molecule is Cc1ccc(C[C@H](NC(=O)[C@@H](C)NC(=O)[C@@H]2CCCN2C(=O)[C@@H]2C[C@@H]3CCCC[C@@H]3N2C(=O)C2CCC(N=C(N)N)CC2)C(N)=O)cc1. The third-order valence-electron chi connectivity index (χ3n) is 10.8. The Bertz CT molecular complexity index is 1390. The van der Waals surface area contributed by atoms with Gasteiger partial charge >= 0.3 is 0 Å². The molecule has 6 atom stereocenters. The fraction of sp³-hybridized carbons (Fsp3) is 0.657. The van der Waals surface area contributed by atoms with Gasteiger partial charge in [0.25, 0.3) is 0 Å². The van der Waals surface area contributed by atoms with Crippen molar-refractivity contribution < 1.29 is 24.0 Å².